The summed E-state index contributed by atoms with van der Waals surface area (Å²) in [5.41, 5.74) is 6.63. The van der Waals surface area contributed by atoms with Crippen molar-refractivity contribution < 1.29 is 0 Å². The Kier molecular flexibility index (Phi) is 2.37. The van der Waals surface area contributed by atoms with Gasteiger partial charge in [-0.2, -0.15) is 0 Å². The number of rotatable bonds is 0. The van der Waals surface area contributed by atoms with Gasteiger partial charge in [0.2, 0.25) is 0 Å². The highest BCUT2D eigenvalue weighted by Gasteiger charge is 2.46. The van der Waals surface area contributed by atoms with E-state index in [1.807, 2.05) is 0 Å². The Morgan fingerprint density at radius 2 is 2.15 bits per heavy atom. The average Bonchev–Trinajstić information content (AvgIpc) is 2.34. The molecule has 2 nitrogen and oxygen atoms in total. The van der Waals surface area contributed by atoms with Gasteiger partial charge in [0.05, 0.1) is 0 Å². The summed E-state index contributed by atoms with van der Waals surface area (Å²) in [5, 5.41) is 0. The van der Waals surface area contributed by atoms with Gasteiger partial charge in [-0.25, -0.2) is 0 Å². The van der Waals surface area contributed by atoms with Crippen LogP contribution in [0.15, 0.2) is 0 Å². The molecule has 0 aromatic carbocycles. The summed E-state index contributed by atoms with van der Waals surface area (Å²) in [7, 11) is 2.25. The van der Waals surface area contributed by atoms with E-state index in [-0.39, 0.29) is 0 Å². The van der Waals surface area contributed by atoms with Crippen molar-refractivity contribution in [1.29, 1.82) is 0 Å². The van der Waals surface area contributed by atoms with Crippen LogP contribution in [0.2, 0.25) is 0 Å². The van der Waals surface area contributed by atoms with Gasteiger partial charge >= 0.3 is 0 Å². The molecule has 1 saturated carbocycles. The van der Waals surface area contributed by atoms with E-state index in [1.165, 1.54) is 38.6 Å². The molecule has 76 valence electrons. The average molecular weight is 182 g/mol. The van der Waals surface area contributed by atoms with Gasteiger partial charge in [0, 0.05) is 11.6 Å². The first kappa shape index (κ1) is 9.47. The molecule has 2 rings (SSSR count). The maximum Gasteiger partial charge on any atom is 0.0360 e. The smallest absolute Gasteiger partial charge is 0.0360 e. The molecule has 1 saturated heterocycles. The van der Waals surface area contributed by atoms with Crippen LogP contribution in [0.4, 0.5) is 0 Å². The van der Waals surface area contributed by atoms with Crippen LogP contribution in [0.25, 0.3) is 0 Å². The molecule has 13 heavy (non-hydrogen) atoms. The van der Waals surface area contributed by atoms with Crippen molar-refractivity contribution in [3.05, 3.63) is 0 Å². The summed E-state index contributed by atoms with van der Waals surface area (Å²) in [6, 6.07) is 0.431. The summed E-state index contributed by atoms with van der Waals surface area (Å²) in [4.78, 5) is 2.52. The van der Waals surface area contributed by atoms with Crippen molar-refractivity contribution >= 4 is 0 Å². The molecule has 2 aliphatic rings. The molecule has 0 aromatic heterocycles. The lowest BCUT2D eigenvalue weighted by molar-refractivity contribution is 0.0816. The van der Waals surface area contributed by atoms with Gasteiger partial charge in [-0.1, -0.05) is 19.8 Å². The molecule has 1 spiro atoms. The quantitative estimate of drug-likeness (QED) is 0.616. The SMILES string of the molecule is CC1CCCC2(C1)C(N)CCN2C. The van der Waals surface area contributed by atoms with E-state index in [0.717, 1.165) is 5.92 Å². The molecular weight excluding hydrogens is 160 g/mol. The lowest BCUT2D eigenvalue weighted by Gasteiger charge is -2.45. The van der Waals surface area contributed by atoms with E-state index in [4.69, 9.17) is 5.73 Å². The Labute approximate surface area is 81.5 Å². The summed E-state index contributed by atoms with van der Waals surface area (Å²) < 4.78 is 0. The van der Waals surface area contributed by atoms with E-state index in [0.29, 0.717) is 11.6 Å². The van der Waals surface area contributed by atoms with Crippen LogP contribution in [0.3, 0.4) is 0 Å². The van der Waals surface area contributed by atoms with Gasteiger partial charge in [0.25, 0.3) is 0 Å². The van der Waals surface area contributed by atoms with Crippen LogP contribution in [-0.2, 0) is 0 Å². The van der Waals surface area contributed by atoms with Gasteiger partial charge in [-0.05, 0) is 38.8 Å². The van der Waals surface area contributed by atoms with Crippen LogP contribution in [0, 0.1) is 5.92 Å². The van der Waals surface area contributed by atoms with Crippen LogP contribution < -0.4 is 5.73 Å². The molecule has 3 atom stereocenters. The predicted molar refractivity (Wildman–Crippen MR) is 55.6 cm³/mol. The van der Waals surface area contributed by atoms with Crippen molar-refractivity contribution in [2.75, 3.05) is 13.6 Å². The molecular formula is C11H22N2. The number of likely N-dealkylation sites (N-methyl/N-ethyl adjacent to an activating group) is 1. The molecule has 1 aliphatic carbocycles. The Balaban J connectivity index is 2.16. The highest BCUT2D eigenvalue weighted by Crippen LogP contribution is 2.42. The Morgan fingerprint density at radius 1 is 1.38 bits per heavy atom. The fraction of sp³-hybridized carbons (Fsp3) is 1.00. The number of hydrogen-bond acceptors (Lipinski definition) is 2. The largest absolute Gasteiger partial charge is 0.326 e. The topological polar surface area (TPSA) is 29.3 Å². The molecule has 0 radical (unpaired) electrons. The minimum atomic E-state index is 0.373. The van der Waals surface area contributed by atoms with E-state index in [9.17, 15) is 0 Å². The third-order valence-electron chi connectivity index (χ3n) is 4.23. The van der Waals surface area contributed by atoms with E-state index < -0.39 is 0 Å². The van der Waals surface area contributed by atoms with E-state index >= 15 is 0 Å². The summed E-state index contributed by atoms with van der Waals surface area (Å²) in [5.74, 6) is 0.875. The van der Waals surface area contributed by atoms with E-state index in [2.05, 4.69) is 18.9 Å². The molecule has 2 N–H and O–H groups in total. The highest BCUT2D eigenvalue weighted by molar-refractivity contribution is 5.05. The molecule has 0 aromatic rings. The van der Waals surface area contributed by atoms with Crippen molar-refractivity contribution in [3.63, 3.8) is 0 Å². The number of nitrogens with two attached hydrogens (primary N) is 1. The zero-order chi connectivity index (χ0) is 9.47. The van der Waals surface area contributed by atoms with E-state index in [1.54, 1.807) is 0 Å². The number of hydrogen-bond donors (Lipinski definition) is 1. The van der Waals surface area contributed by atoms with Crippen molar-refractivity contribution in [1.82, 2.24) is 4.90 Å². The van der Waals surface area contributed by atoms with Crippen molar-refractivity contribution in [3.8, 4) is 0 Å². The zero-order valence-electron chi connectivity index (χ0n) is 8.92. The first-order valence-electron chi connectivity index (χ1n) is 5.62. The Morgan fingerprint density at radius 3 is 2.69 bits per heavy atom. The van der Waals surface area contributed by atoms with Gasteiger partial charge in [-0.3, -0.25) is 4.90 Å². The van der Waals surface area contributed by atoms with Crippen LogP contribution >= 0.6 is 0 Å². The maximum atomic E-state index is 6.26. The fourth-order valence-corrected chi connectivity index (χ4v) is 3.35. The predicted octanol–water partition coefficient (Wildman–Crippen LogP) is 1.60. The standard InChI is InChI=1S/C11H22N2/c1-9-4-3-6-11(8-9)10(12)5-7-13(11)2/h9-10H,3-8,12H2,1-2H3. The van der Waals surface area contributed by atoms with Gasteiger partial charge in [-0.15, -0.1) is 0 Å². The van der Waals surface area contributed by atoms with Crippen molar-refractivity contribution in [2.45, 2.75) is 50.6 Å². The van der Waals surface area contributed by atoms with Gasteiger partial charge < -0.3 is 5.73 Å². The lowest BCUT2D eigenvalue weighted by atomic mass is 9.73. The first-order chi connectivity index (χ1) is 6.15. The van der Waals surface area contributed by atoms with Crippen LogP contribution in [0.1, 0.15) is 39.0 Å². The third kappa shape index (κ3) is 1.40. The molecule has 1 heterocycles. The van der Waals surface area contributed by atoms with Crippen LogP contribution in [-0.4, -0.2) is 30.1 Å². The zero-order valence-corrected chi connectivity index (χ0v) is 8.92. The second kappa shape index (κ2) is 3.25. The number of nitrogens with zero attached hydrogens (tertiary/aromatic N) is 1. The summed E-state index contributed by atoms with van der Waals surface area (Å²) in [6.45, 7) is 3.58. The third-order valence-corrected chi connectivity index (χ3v) is 4.23. The Bertz CT molecular complexity index is 181. The fourth-order valence-electron chi connectivity index (χ4n) is 3.35. The molecule has 2 fully saturated rings. The molecule has 0 amide bonds. The van der Waals surface area contributed by atoms with Crippen LogP contribution in [0.5, 0.6) is 0 Å². The minimum absolute atomic E-state index is 0.373. The molecule has 3 unspecified atom stereocenters. The Hall–Kier alpha value is -0.0800. The maximum absolute atomic E-state index is 6.26. The molecule has 1 aliphatic heterocycles. The molecule has 2 heteroatoms. The second-order valence-electron chi connectivity index (χ2n) is 5.12. The van der Waals surface area contributed by atoms with Gasteiger partial charge in [0.1, 0.15) is 0 Å². The minimum Gasteiger partial charge on any atom is -0.326 e. The lowest BCUT2D eigenvalue weighted by Crippen LogP contribution is -2.54. The highest BCUT2D eigenvalue weighted by atomic mass is 15.2. The summed E-state index contributed by atoms with van der Waals surface area (Å²) in [6.07, 6.45) is 6.63. The number of likely N-dealkylation sites (tertiary alicyclic amines) is 1. The van der Waals surface area contributed by atoms with Gasteiger partial charge in [0.15, 0.2) is 0 Å². The normalized spacial score (nSPS) is 47.3. The van der Waals surface area contributed by atoms with Crippen molar-refractivity contribution in [2.24, 2.45) is 11.7 Å². The monoisotopic (exact) mass is 182 g/mol. The first-order valence-corrected chi connectivity index (χ1v) is 5.62. The second-order valence-corrected chi connectivity index (χ2v) is 5.12. The molecule has 0 bridgehead atoms. The summed E-state index contributed by atoms with van der Waals surface area (Å²) >= 11 is 0.